The first kappa shape index (κ1) is 10.1. The zero-order valence-corrected chi connectivity index (χ0v) is 9.31. The van der Waals surface area contributed by atoms with Crippen LogP contribution in [0, 0.1) is 0 Å². The Labute approximate surface area is 92.7 Å². The molecule has 0 aromatic carbocycles. The van der Waals surface area contributed by atoms with E-state index in [0.717, 1.165) is 17.6 Å². The maximum absolute atomic E-state index is 5.74. The van der Waals surface area contributed by atoms with Gasteiger partial charge in [0.2, 0.25) is 0 Å². The summed E-state index contributed by atoms with van der Waals surface area (Å²) in [5.74, 6) is 2.11. The maximum Gasteiger partial charge on any atom is 0.134 e. The molecule has 1 N–H and O–H groups in total. The molecule has 2 rings (SSSR count). The standard InChI is InChI=1S/C9H12ClN3S/c10-8-4-9(13-6-12-8)11-5-7-2-1-3-14-7/h4,6-7H,1-3,5H2,(H,11,12,13). The molecule has 0 bridgehead atoms. The van der Waals surface area contributed by atoms with Gasteiger partial charge in [0, 0.05) is 17.9 Å². The summed E-state index contributed by atoms with van der Waals surface area (Å²) < 4.78 is 0. The Bertz CT molecular complexity index is 302. The fraction of sp³-hybridized carbons (Fsp3) is 0.556. The minimum Gasteiger partial charge on any atom is -0.369 e. The molecular weight excluding hydrogens is 218 g/mol. The molecular formula is C9H12ClN3S. The molecule has 3 nitrogen and oxygen atoms in total. The highest BCUT2D eigenvalue weighted by molar-refractivity contribution is 8.00. The zero-order valence-electron chi connectivity index (χ0n) is 7.74. The molecule has 2 heterocycles. The van der Waals surface area contributed by atoms with Crippen LogP contribution in [-0.2, 0) is 0 Å². The Kier molecular flexibility index (Phi) is 3.48. The van der Waals surface area contributed by atoms with Gasteiger partial charge in [-0.1, -0.05) is 11.6 Å². The van der Waals surface area contributed by atoms with Crippen LogP contribution < -0.4 is 5.32 Å². The fourth-order valence-electron chi connectivity index (χ4n) is 1.45. The molecule has 1 saturated heterocycles. The lowest BCUT2D eigenvalue weighted by atomic mass is 10.2. The van der Waals surface area contributed by atoms with Gasteiger partial charge in [-0.25, -0.2) is 9.97 Å². The van der Waals surface area contributed by atoms with E-state index in [4.69, 9.17) is 11.6 Å². The summed E-state index contributed by atoms with van der Waals surface area (Å²) in [7, 11) is 0. The molecule has 0 radical (unpaired) electrons. The van der Waals surface area contributed by atoms with Crippen LogP contribution >= 0.6 is 23.4 Å². The predicted molar refractivity (Wildman–Crippen MR) is 61.0 cm³/mol. The van der Waals surface area contributed by atoms with Crippen LogP contribution in [0.2, 0.25) is 5.15 Å². The highest BCUT2D eigenvalue weighted by atomic mass is 35.5. The number of nitrogens with zero attached hydrogens (tertiary/aromatic N) is 2. The van der Waals surface area contributed by atoms with E-state index in [0.29, 0.717) is 5.15 Å². The minimum atomic E-state index is 0.488. The quantitative estimate of drug-likeness (QED) is 0.808. The van der Waals surface area contributed by atoms with Crippen molar-refractivity contribution < 1.29 is 0 Å². The van der Waals surface area contributed by atoms with Crippen molar-refractivity contribution in [1.29, 1.82) is 0 Å². The van der Waals surface area contributed by atoms with Crippen molar-refractivity contribution in [2.75, 3.05) is 17.6 Å². The average Bonchev–Trinajstić information content (AvgIpc) is 2.67. The van der Waals surface area contributed by atoms with Crippen LogP contribution in [0.3, 0.4) is 0 Å². The fourth-order valence-corrected chi connectivity index (χ4v) is 2.80. The first-order chi connectivity index (χ1) is 6.84. The second kappa shape index (κ2) is 4.84. The monoisotopic (exact) mass is 229 g/mol. The van der Waals surface area contributed by atoms with Gasteiger partial charge in [-0.05, 0) is 18.6 Å². The highest BCUT2D eigenvalue weighted by Gasteiger charge is 2.14. The third kappa shape index (κ3) is 2.75. The number of thioether (sulfide) groups is 1. The average molecular weight is 230 g/mol. The molecule has 1 atom stereocenters. The molecule has 1 unspecified atom stereocenters. The van der Waals surface area contributed by atoms with Gasteiger partial charge in [-0.3, -0.25) is 0 Å². The van der Waals surface area contributed by atoms with Gasteiger partial charge in [0.15, 0.2) is 0 Å². The first-order valence-electron chi connectivity index (χ1n) is 4.67. The van der Waals surface area contributed by atoms with Gasteiger partial charge in [0.25, 0.3) is 0 Å². The lowest BCUT2D eigenvalue weighted by molar-refractivity contribution is 0.803. The molecule has 1 fully saturated rings. The number of hydrogen-bond donors (Lipinski definition) is 1. The Hall–Kier alpha value is -0.480. The van der Waals surface area contributed by atoms with Crippen LogP contribution in [0.25, 0.3) is 0 Å². The second-order valence-corrected chi connectivity index (χ2v) is 5.04. The van der Waals surface area contributed by atoms with Crippen molar-refractivity contribution in [2.45, 2.75) is 18.1 Å². The zero-order chi connectivity index (χ0) is 9.80. The van der Waals surface area contributed by atoms with Gasteiger partial charge in [0.1, 0.15) is 17.3 Å². The molecule has 1 aliphatic rings. The second-order valence-electron chi connectivity index (χ2n) is 3.24. The van der Waals surface area contributed by atoms with Crippen molar-refractivity contribution in [3.8, 4) is 0 Å². The van der Waals surface area contributed by atoms with E-state index in [1.807, 2.05) is 11.8 Å². The van der Waals surface area contributed by atoms with Gasteiger partial charge in [-0.2, -0.15) is 11.8 Å². The number of hydrogen-bond acceptors (Lipinski definition) is 4. The summed E-state index contributed by atoms with van der Waals surface area (Å²) in [6.07, 6.45) is 4.12. The van der Waals surface area contributed by atoms with Gasteiger partial charge in [0.05, 0.1) is 0 Å². The van der Waals surface area contributed by atoms with E-state index in [1.54, 1.807) is 6.07 Å². The van der Waals surface area contributed by atoms with Crippen LogP contribution in [0.4, 0.5) is 5.82 Å². The van der Waals surface area contributed by atoms with Gasteiger partial charge < -0.3 is 5.32 Å². The van der Waals surface area contributed by atoms with Gasteiger partial charge in [-0.15, -0.1) is 0 Å². The molecule has 0 aliphatic carbocycles. The SMILES string of the molecule is Clc1cc(NCC2CCCS2)ncn1. The molecule has 1 aromatic heterocycles. The summed E-state index contributed by atoms with van der Waals surface area (Å²) in [5.41, 5.74) is 0. The first-order valence-corrected chi connectivity index (χ1v) is 6.10. The summed E-state index contributed by atoms with van der Waals surface area (Å²) in [5, 5.41) is 4.48. The molecule has 0 saturated carbocycles. The third-order valence-electron chi connectivity index (χ3n) is 2.17. The van der Waals surface area contributed by atoms with E-state index < -0.39 is 0 Å². The van der Waals surface area contributed by atoms with Crippen LogP contribution in [-0.4, -0.2) is 27.5 Å². The summed E-state index contributed by atoms with van der Waals surface area (Å²) in [4.78, 5) is 7.91. The maximum atomic E-state index is 5.74. The minimum absolute atomic E-state index is 0.488. The van der Waals surface area contributed by atoms with E-state index in [1.165, 1.54) is 24.9 Å². The Morgan fingerprint density at radius 2 is 2.50 bits per heavy atom. The van der Waals surface area contributed by atoms with Crippen molar-refractivity contribution in [2.24, 2.45) is 0 Å². The van der Waals surface area contributed by atoms with Crippen molar-refractivity contribution in [3.05, 3.63) is 17.5 Å². The number of aromatic nitrogens is 2. The topological polar surface area (TPSA) is 37.8 Å². The molecule has 14 heavy (non-hydrogen) atoms. The molecule has 5 heteroatoms. The van der Waals surface area contributed by atoms with E-state index in [2.05, 4.69) is 15.3 Å². The van der Waals surface area contributed by atoms with Crippen molar-refractivity contribution >= 4 is 29.2 Å². The number of anilines is 1. The molecule has 76 valence electrons. The van der Waals surface area contributed by atoms with Crippen LogP contribution in [0.5, 0.6) is 0 Å². The van der Waals surface area contributed by atoms with E-state index in [-0.39, 0.29) is 0 Å². The summed E-state index contributed by atoms with van der Waals surface area (Å²) in [6.45, 7) is 0.970. The lowest BCUT2D eigenvalue weighted by Crippen LogP contribution is -2.14. The van der Waals surface area contributed by atoms with Crippen LogP contribution in [0.1, 0.15) is 12.8 Å². The normalized spacial score (nSPS) is 21.1. The Morgan fingerprint density at radius 1 is 1.57 bits per heavy atom. The number of halogens is 1. The van der Waals surface area contributed by atoms with E-state index in [9.17, 15) is 0 Å². The Balaban J connectivity index is 1.85. The predicted octanol–water partition coefficient (Wildman–Crippen LogP) is 2.44. The summed E-state index contributed by atoms with van der Waals surface area (Å²) >= 11 is 7.77. The van der Waals surface area contributed by atoms with Crippen molar-refractivity contribution in [3.63, 3.8) is 0 Å². The molecule has 1 aromatic rings. The van der Waals surface area contributed by atoms with Gasteiger partial charge >= 0.3 is 0 Å². The lowest BCUT2D eigenvalue weighted by Gasteiger charge is -2.09. The number of rotatable bonds is 3. The van der Waals surface area contributed by atoms with Crippen molar-refractivity contribution in [1.82, 2.24) is 9.97 Å². The molecule has 0 amide bonds. The largest absolute Gasteiger partial charge is 0.369 e. The Morgan fingerprint density at radius 3 is 3.21 bits per heavy atom. The molecule has 0 spiro atoms. The third-order valence-corrected chi connectivity index (χ3v) is 3.77. The van der Waals surface area contributed by atoms with Crippen LogP contribution in [0.15, 0.2) is 12.4 Å². The highest BCUT2D eigenvalue weighted by Crippen LogP contribution is 2.26. The smallest absolute Gasteiger partial charge is 0.134 e. The molecule has 1 aliphatic heterocycles. The van der Waals surface area contributed by atoms with E-state index >= 15 is 0 Å². The number of nitrogens with one attached hydrogen (secondary N) is 1. The summed E-state index contributed by atoms with van der Waals surface area (Å²) in [6, 6.07) is 1.75.